The van der Waals surface area contributed by atoms with Crippen molar-refractivity contribution in [2.45, 2.75) is 39.3 Å². The number of ether oxygens (including phenoxy) is 1. The van der Waals surface area contributed by atoms with Crippen molar-refractivity contribution in [2.75, 3.05) is 22.9 Å². The van der Waals surface area contributed by atoms with Gasteiger partial charge in [-0.3, -0.25) is 13.9 Å². The third-order valence-corrected chi connectivity index (χ3v) is 6.01. The number of sulfonamides is 1. The molecule has 0 fully saturated rings. The largest absolute Gasteiger partial charge is 0.481 e. The summed E-state index contributed by atoms with van der Waals surface area (Å²) in [5.74, 6) is -0.262. The Hall–Kier alpha value is -3.07. The molecule has 0 bridgehead atoms. The van der Waals surface area contributed by atoms with Gasteiger partial charge in [0.25, 0.3) is 11.8 Å². The van der Waals surface area contributed by atoms with Crippen LogP contribution < -0.4 is 19.7 Å². The lowest BCUT2D eigenvalue weighted by Gasteiger charge is -2.19. The molecule has 2 atom stereocenters. The maximum absolute atomic E-state index is 12.6. The fourth-order valence-electron chi connectivity index (χ4n) is 2.61. The number of hydrogen-bond donors (Lipinski definition) is 2. The molecular formula is C22H29N3O5S. The molecule has 0 saturated heterocycles. The van der Waals surface area contributed by atoms with E-state index >= 15 is 0 Å². The molecule has 0 aliphatic heterocycles. The highest BCUT2D eigenvalue weighted by Gasteiger charge is 2.19. The highest BCUT2D eigenvalue weighted by atomic mass is 32.2. The average Bonchev–Trinajstić information content (AvgIpc) is 2.73. The minimum Gasteiger partial charge on any atom is -0.481 e. The molecule has 2 rings (SSSR count). The third kappa shape index (κ3) is 6.71. The van der Waals surface area contributed by atoms with Crippen LogP contribution in [0, 0.1) is 0 Å². The number of rotatable bonds is 9. The molecule has 31 heavy (non-hydrogen) atoms. The maximum atomic E-state index is 12.6. The molecule has 2 amide bonds. The van der Waals surface area contributed by atoms with Gasteiger partial charge < -0.3 is 15.4 Å². The summed E-state index contributed by atoms with van der Waals surface area (Å²) >= 11 is 0. The van der Waals surface area contributed by atoms with E-state index < -0.39 is 22.0 Å². The molecule has 8 nitrogen and oxygen atoms in total. The zero-order valence-corrected chi connectivity index (χ0v) is 19.2. The summed E-state index contributed by atoms with van der Waals surface area (Å²) in [5.41, 5.74) is 1.25. The molecule has 0 aromatic heterocycles. The van der Waals surface area contributed by atoms with Gasteiger partial charge in [-0.1, -0.05) is 19.1 Å². The molecule has 0 aliphatic carbocycles. The Morgan fingerprint density at radius 3 is 2.26 bits per heavy atom. The lowest BCUT2D eigenvalue weighted by Crippen LogP contribution is -2.34. The van der Waals surface area contributed by atoms with Gasteiger partial charge in [0.1, 0.15) is 5.75 Å². The second-order valence-electron chi connectivity index (χ2n) is 7.30. The van der Waals surface area contributed by atoms with Gasteiger partial charge in [0.15, 0.2) is 6.10 Å². The molecule has 2 aromatic carbocycles. The van der Waals surface area contributed by atoms with Gasteiger partial charge in [0.05, 0.1) is 23.2 Å². The Bertz CT molecular complexity index is 1020. The van der Waals surface area contributed by atoms with E-state index in [-0.39, 0.29) is 11.9 Å². The number of hydrogen-bond acceptors (Lipinski definition) is 5. The molecule has 0 heterocycles. The molecule has 168 valence electrons. The summed E-state index contributed by atoms with van der Waals surface area (Å²) in [7, 11) is -1.91. The lowest BCUT2D eigenvalue weighted by atomic mass is 10.1. The standard InChI is InChI=1S/C22H29N3O5S/c1-6-15(2)23-22(27)19-9-7-8-10-20(19)24-21(26)16(3)30-18-13-11-17(12-14-18)25(4)31(5,28)29/h7-16H,6H2,1-5H3,(H,23,27)(H,24,26). The summed E-state index contributed by atoms with van der Waals surface area (Å²) in [6.45, 7) is 5.48. The van der Waals surface area contributed by atoms with E-state index in [1.165, 1.54) is 7.05 Å². The zero-order valence-electron chi connectivity index (χ0n) is 18.4. The van der Waals surface area contributed by atoms with E-state index in [0.717, 1.165) is 17.0 Å². The van der Waals surface area contributed by atoms with Crippen LogP contribution in [-0.2, 0) is 14.8 Å². The van der Waals surface area contributed by atoms with Crippen molar-refractivity contribution >= 4 is 33.2 Å². The van der Waals surface area contributed by atoms with E-state index in [9.17, 15) is 18.0 Å². The first kappa shape index (κ1) is 24.2. The Morgan fingerprint density at radius 1 is 1.06 bits per heavy atom. The van der Waals surface area contributed by atoms with Gasteiger partial charge in [-0.2, -0.15) is 0 Å². The quantitative estimate of drug-likeness (QED) is 0.615. The van der Waals surface area contributed by atoms with Crippen molar-refractivity contribution in [1.29, 1.82) is 0 Å². The minimum atomic E-state index is -3.36. The van der Waals surface area contributed by atoms with Gasteiger partial charge in [0, 0.05) is 13.1 Å². The highest BCUT2D eigenvalue weighted by Crippen LogP contribution is 2.22. The minimum absolute atomic E-state index is 0.0169. The van der Waals surface area contributed by atoms with Crippen LogP contribution >= 0.6 is 0 Å². The monoisotopic (exact) mass is 447 g/mol. The number of amides is 2. The zero-order chi connectivity index (χ0) is 23.2. The van der Waals surface area contributed by atoms with Crippen LogP contribution in [0.3, 0.4) is 0 Å². The van der Waals surface area contributed by atoms with Crippen LogP contribution in [0.1, 0.15) is 37.6 Å². The molecule has 0 spiro atoms. The SMILES string of the molecule is CCC(C)NC(=O)c1ccccc1NC(=O)C(C)Oc1ccc(N(C)S(C)(=O)=O)cc1. The van der Waals surface area contributed by atoms with Crippen LogP contribution in [-0.4, -0.2) is 45.7 Å². The van der Waals surface area contributed by atoms with Gasteiger partial charge >= 0.3 is 0 Å². The summed E-state index contributed by atoms with van der Waals surface area (Å²) in [4.78, 5) is 25.1. The molecule has 0 aliphatic rings. The van der Waals surface area contributed by atoms with Gasteiger partial charge in [-0.25, -0.2) is 8.42 Å². The van der Waals surface area contributed by atoms with Crippen molar-refractivity contribution in [1.82, 2.24) is 5.32 Å². The summed E-state index contributed by atoms with van der Waals surface area (Å²) in [6.07, 6.45) is 1.07. The van der Waals surface area contributed by atoms with E-state index in [2.05, 4.69) is 10.6 Å². The van der Waals surface area contributed by atoms with Crippen molar-refractivity contribution in [3.05, 3.63) is 54.1 Å². The Balaban J connectivity index is 2.06. The predicted molar refractivity (Wildman–Crippen MR) is 122 cm³/mol. The number of para-hydroxylation sites is 1. The highest BCUT2D eigenvalue weighted by molar-refractivity contribution is 7.92. The number of benzene rings is 2. The molecule has 0 radical (unpaired) electrons. The van der Waals surface area contributed by atoms with E-state index in [1.807, 2.05) is 13.8 Å². The Labute approximate surface area is 183 Å². The van der Waals surface area contributed by atoms with Gasteiger partial charge in [0.2, 0.25) is 10.0 Å². The molecule has 9 heteroatoms. The molecule has 2 aromatic rings. The first-order chi connectivity index (χ1) is 14.5. The molecule has 2 unspecified atom stereocenters. The van der Waals surface area contributed by atoms with Gasteiger partial charge in [-0.15, -0.1) is 0 Å². The second-order valence-corrected chi connectivity index (χ2v) is 9.32. The van der Waals surface area contributed by atoms with Crippen molar-refractivity contribution in [2.24, 2.45) is 0 Å². The fourth-order valence-corrected chi connectivity index (χ4v) is 3.12. The molecular weight excluding hydrogens is 418 g/mol. The Kier molecular flexibility index (Phi) is 8.04. The van der Waals surface area contributed by atoms with Gasteiger partial charge in [-0.05, 0) is 56.7 Å². The first-order valence-corrected chi connectivity index (χ1v) is 11.8. The number of nitrogens with zero attached hydrogens (tertiary/aromatic N) is 1. The van der Waals surface area contributed by atoms with Crippen LogP contribution in [0.25, 0.3) is 0 Å². The normalized spacial score (nSPS) is 13.1. The number of carbonyl (C=O) groups excluding carboxylic acids is 2. The second kappa shape index (κ2) is 10.3. The third-order valence-electron chi connectivity index (χ3n) is 4.80. The number of nitrogens with one attached hydrogen (secondary N) is 2. The van der Waals surface area contributed by atoms with Crippen molar-refractivity contribution in [3.63, 3.8) is 0 Å². The number of carbonyl (C=O) groups is 2. The van der Waals surface area contributed by atoms with E-state index in [1.54, 1.807) is 55.5 Å². The molecule has 0 saturated carbocycles. The summed E-state index contributed by atoms with van der Waals surface area (Å²) in [5, 5.41) is 5.63. The van der Waals surface area contributed by atoms with Crippen molar-refractivity contribution in [3.8, 4) is 5.75 Å². The predicted octanol–water partition coefficient (Wildman–Crippen LogP) is 3.02. The Morgan fingerprint density at radius 2 is 1.68 bits per heavy atom. The maximum Gasteiger partial charge on any atom is 0.265 e. The van der Waals surface area contributed by atoms with Crippen molar-refractivity contribution < 1.29 is 22.7 Å². The number of anilines is 2. The average molecular weight is 448 g/mol. The van der Waals surface area contributed by atoms with Crippen LogP contribution in [0.4, 0.5) is 11.4 Å². The topological polar surface area (TPSA) is 105 Å². The molecule has 2 N–H and O–H groups in total. The van der Waals surface area contributed by atoms with E-state index in [0.29, 0.717) is 22.7 Å². The van der Waals surface area contributed by atoms with Crippen LogP contribution in [0.2, 0.25) is 0 Å². The van der Waals surface area contributed by atoms with E-state index in [4.69, 9.17) is 4.74 Å². The summed E-state index contributed by atoms with van der Waals surface area (Å²) < 4.78 is 30.1. The smallest absolute Gasteiger partial charge is 0.265 e. The first-order valence-electron chi connectivity index (χ1n) is 9.94. The fraction of sp³-hybridized carbons (Fsp3) is 0.364. The lowest BCUT2D eigenvalue weighted by molar-refractivity contribution is -0.122. The van der Waals surface area contributed by atoms with Crippen LogP contribution in [0.15, 0.2) is 48.5 Å². The summed E-state index contributed by atoms with van der Waals surface area (Å²) in [6, 6.07) is 13.2. The van der Waals surface area contributed by atoms with Crippen LogP contribution in [0.5, 0.6) is 5.75 Å².